The minimum Gasteiger partial charge on any atom is -0.477 e. The average molecular weight is 395 g/mol. The van der Waals surface area contributed by atoms with Crippen LogP contribution in [0.15, 0.2) is 48.9 Å². The number of amides is 1. The fraction of sp³-hybridized carbons (Fsp3) is 0.333. The Morgan fingerprint density at radius 2 is 2.07 bits per heavy atom. The van der Waals surface area contributed by atoms with Gasteiger partial charge in [0.1, 0.15) is 5.82 Å². The number of aryl methyl sites for hydroxylation is 1. The van der Waals surface area contributed by atoms with Crippen molar-refractivity contribution < 1.29 is 13.9 Å². The molecule has 4 rings (SSSR count). The molecule has 3 aromatic rings. The van der Waals surface area contributed by atoms with Crippen LogP contribution in [0.3, 0.4) is 0 Å². The molecule has 0 N–H and O–H groups in total. The van der Waals surface area contributed by atoms with E-state index in [1.165, 1.54) is 16.9 Å². The molecule has 1 unspecified atom stereocenters. The number of aromatic nitrogens is 4. The van der Waals surface area contributed by atoms with Crippen molar-refractivity contribution in [3.05, 3.63) is 65.9 Å². The molecule has 29 heavy (non-hydrogen) atoms. The van der Waals surface area contributed by atoms with E-state index in [0.29, 0.717) is 36.8 Å². The fourth-order valence-corrected chi connectivity index (χ4v) is 3.54. The van der Waals surface area contributed by atoms with Crippen LogP contribution in [-0.2, 0) is 0 Å². The van der Waals surface area contributed by atoms with Crippen molar-refractivity contribution in [3.8, 4) is 11.6 Å². The van der Waals surface area contributed by atoms with Gasteiger partial charge in [-0.1, -0.05) is 11.6 Å². The van der Waals surface area contributed by atoms with Crippen LogP contribution in [0.5, 0.6) is 5.88 Å². The van der Waals surface area contributed by atoms with Gasteiger partial charge in [0.25, 0.3) is 5.91 Å². The molecule has 1 saturated heterocycles. The lowest BCUT2D eigenvalue weighted by Crippen LogP contribution is -2.42. The summed E-state index contributed by atoms with van der Waals surface area (Å²) in [4.78, 5) is 20.5. The van der Waals surface area contributed by atoms with Gasteiger partial charge in [-0.3, -0.25) is 4.79 Å². The first kappa shape index (κ1) is 19.0. The van der Waals surface area contributed by atoms with E-state index in [4.69, 9.17) is 4.74 Å². The molecule has 0 aliphatic carbocycles. The minimum atomic E-state index is -0.396. The lowest BCUT2D eigenvalue weighted by Gasteiger charge is -2.33. The van der Waals surface area contributed by atoms with Crippen LogP contribution in [0.25, 0.3) is 5.69 Å². The number of pyridine rings is 1. The highest BCUT2D eigenvalue weighted by molar-refractivity contribution is 5.98. The Kier molecular flexibility index (Phi) is 5.50. The molecule has 7 nitrogen and oxygen atoms in total. The van der Waals surface area contributed by atoms with E-state index in [1.54, 1.807) is 12.4 Å². The van der Waals surface area contributed by atoms with Crippen LogP contribution in [0.4, 0.5) is 4.39 Å². The molecule has 0 radical (unpaired) electrons. The number of benzene rings is 1. The van der Waals surface area contributed by atoms with E-state index in [-0.39, 0.29) is 11.8 Å². The molecule has 8 heteroatoms. The molecule has 1 atom stereocenters. The molecule has 0 bridgehead atoms. The van der Waals surface area contributed by atoms with E-state index in [0.717, 1.165) is 24.6 Å². The molecular weight excluding hydrogens is 373 g/mol. The first-order valence-corrected chi connectivity index (χ1v) is 9.61. The zero-order chi connectivity index (χ0) is 20.2. The number of rotatable bonds is 5. The predicted octanol–water partition coefficient (Wildman–Crippen LogP) is 3.04. The molecule has 1 aliphatic rings. The van der Waals surface area contributed by atoms with E-state index >= 15 is 0 Å². The molecule has 1 fully saturated rings. The Hall–Kier alpha value is -3.29. The largest absolute Gasteiger partial charge is 0.477 e. The Bertz CT molecular complexity index is 975. The number of carbonyl (C=O) groups excluding carboxylic acids is 1. The third-order valence-electron chi connectivity index (χ3n) is 4.99. The van der Waals surface area contributed by atoms with Crippen LogP contribution in [0.1, 0.15) is 28.8 Å². The summed E-state index contributed by atoms with van der Waals surface area (Å²) in [6.07, 6.45) is 6.18. The summed E-state index contributed by atoms with van der Waals surface area (Å²) in [5, 5.41) is 8.34. The van der Waals surface area contributed by atoms with Gasteiger partial charge in [-0.15, -0.1) is 0 Å². The van der Waals surface area contributed by atoms with Crippen LogP contribution in [0, 0.1) is 18.7 Å². The fourth-order valence-electron chi connectivity index (χ4n) is 3.54. The second kappa shape index (κ2) is 8.38. The Labute approximate surface area is 168 Å². The molecule has 0 spiro atoms. The zero-order valence-corrected chi connectivity index (χ0v) is 16.2. The maximum absolute atomic E-state index is 13.3. The monoisotopic (exact) mass is 395 g/mol. The highest BCUT2D eigenvalue weighted by atomic mass is 19.1. The van der Waals surface area contributed by atoms with Crippen LogP contribution >= 0.6 is 0 Å². The summed E-state index contributed by atoms with van der Waals surface area (Å²) in [7, 11) is 0. The molecule has 1 aromatic carbocycles. The lowest BCUT2D eigenvalue weighted by molar-refractivity contribution is 0.0630. The van der Waals surface area contributed by atoms with Gasteiger partial charge < -0.3 is 9.64 Å². The summed E-state index contributed by atoms with van der Waals surface area (Å²) in [5.74, 6) is 0.147. The van der Waals surface area contributed by atoms with Crippen LogP contribution in [0.2, 0.25) is 0 Å². The molecule has 3 heterocycles. The molecule has 1 amide bonds. The van der Waals surface area contributed by atoms with Gasteiger partial charge in [0.2, 0.25) is 5.88 Å². The van der Waals surface area contributed by atoms with Crippen molar-refractivity contribution in [3.63, 3.8) is 0 Å². The Morgan fingerprint density at radius 1 is 1.24 bits per heavy atom. The van der Waals surface area contributed by atoms with Crippen molar-refractivity contribution in [2.24, 2.45) is 5.92 Å². The number of hydrogen-bond acceptors (Lipinski definition) is 5. The zero-order valence-electron chi connectivity index (χ0n) is 16.2. The highest BCUT2D eigenvalue weighted by Crippen LogP contribution is 2.23. The average Bonchev–Trinajstić information content (AvgIpc) is 3.28. The third-order valence-corrected chi connectivity index (χ3v) is 4.99. The number of ether oxygens (including phenoxy) is 1. The summed E-state index contributed by atoms with van der Waals surface area (Å²) in [6.45, 7) is 3.69. The Morgan fingerprint density at radius 3 is 2.83 bits per heavy atom. The first-order valence-electron chi connectivity index (χ1n) is 9.61. The van der Waals surface area contributed by atoms with Crippen molar-refractivity contribution in [2.75, 3.05) is 19.7 Å². The molecule has 1 aliphatic heterocycles. The summed E-state index contributed by atoms with van der Waals surface area (Å²) >= 11 is 0. The third kappa shape index (κ3) is 4.42. The number of hydrogen-bond donors (Lipinski definition) is 0. The standard InChI is InChI=1S/C21H22FN5O2/c1-15-4-6-19(27-24-8-9-25-27)18(11-15)21(28)26-10-2-3-16(13-26)14-29-20-7-5-17(22)12-23-20/h4-9,11-12,16H,2-3,10,13-14H2,1H3. The van der Waals surface area contributed by atoms with Gasteiger partial charge in [0.15, 0.2) is 0 Å². The summed E-state index contributed by atoms with van der Waals surface area (Å²) in [5.41, 5.74) is 2.26. The smallest absolute Gasteiger partial charge is 0.256 e. The van der Waals surface area contributed by atoms with Gasteiger partial charge in [0.05, 0.1) is 36.4 Å². The second-order valence-electron chi connectivity index (χ2n) is 7.22. The van der Waals surface area contributed by atoms with Crippen LogP contribution in [-0.4, -0.2) is 50.5 Å². The van der Waals surface area contributed by atoms with E-state index in [1.807, 2.05) is 30.0 Å². The number of piperidine rings is 1. The number of likely N-dealkylation sites (tertiary alicyclic amines) is 1. The Balaban J connectivity index is 1.46. The lowest BCUT2D eigenvalue weighted by atomic mass is 9.97. The van der Waals surface area contributed by atoms with Gasteiger partial charge >= 0.3 is 0 Å². The quantitative estimate of drug-likeness (QED) is 0.664. The van der Waals surface area contributed by atoms with Crippen molar-refractivity contribution in [1.29, 1.82) is 0 Å². The number of nitrogens with zero attached hydrogens (tertiary/aromatic N) is 5. The number of carbonyl (C=O) groups is 1. The topological polar surface area (TPSA) is 73.1 Å². The SMILES string of the molecule is Cc1ccc(-n2nccn2)c(C(=O)N2CCCC(COc3ccc(F)cn3)C2)c1. The predicted molar refractivity (Wildman–Crippen MR) is 104 cm³/mol. The van der Waals surface area contributed by atoms with E-state index < -0.39 is 5.82 Å². The van der Waals surface area contributed by atoms with Gasteiger partial charge in [-0.2, -0.15) is 15.0 Å². The van der Waals surface area contributed by atoms with Crippen LogP contribution < -0.4 is 4.74 Å². The van der Waals surface area contributed by atoms with Gasteiger partial charge in [-0.05, 0) is 38.0 Å². The van der Waals surface area contributed by atoms with E-state index in [2.05, 4.69) is 15.2 Å². The number of halogens is 1. The van der Waals surface area contributed by atoms with Gasteiger partial charge in [-0.25, -0.2) is 9.37 Å². The highest BCUT2D eigenvalue weighted by Gasteiger charge is 2.27. The molecule has 0 saturated carbocycles. The second-order valence-corrected chi connectivity index (χ2v) is 7.22. The first-order chi connectivity index (χ1) is 14.1. The summed E-state index contributed by atoms with van der Waals surface area (Å²) < 4.78 is 18.7. The minimum absolute atomic E-state index is 0.0365. The maximum Gasteiger partial charge on any atom is 0.256 e. The van der Waals surface area contributed by atoms with Crippen molar-refractivity contribution in [2.45, 2.75) is 19.8 Å². The van der Waals surface area contributed by atoms with Gasteiger partial charge in [0, 0.05) is 25.1 Å². The van der Waals surface area contributed by atoms with Crippen molar-refractivity contribution >= 4 is 5.91 Å². The van der Waals surface area contributed by atoms with E-state index in [9.17, 15) is 9.18 Å². The van der Waals surface area contributed by atoms with Crippen molar-refractivity contribution in [1.82, 2.24) is 24.9 Å². The molecular formula is C21H22FN5O2. The normalized spacial score (nSPS) is 16.6. The maximum atomic E-state index is 13.3. The molecule has 150 valence electrons. The summed E-state index contributed by atoms with van der Waals surface area (Å²) in [6, 6.07) is 8.52. The molecule has 2 aromatic heterocycles.